The molecule has 0 aromatic heterocycles. The maximum Gasteiger partial charge on any atom is 0.293 e. The minimum absolute atomic E-state index is 0.0612. The highest BCUT2D eigenvalue weighted by molar-refractivity contribution is 6.30. The summed E-state index contributed by atoms with van der Waals surface area (Å²) in [6.45, 7) is 2.21. The van der Waals surface area contributed by atoms with Gasteiger partial charge in [-0.25, -0.2) is 0 Å². The Bertz CT molecular complexity index is 465. The summed E-state index contributed by atoms with van der Waals surface area (Å²) >= 11 is 5.82. The van der Waals surface area contributed by atoms with Crippen LogP contribution in [0.25, 0.3) is 0 Å². The number of nitro benzene ring substituents is 1. The Balaban J connectivity index is 2.12. The number of nitrogens with zero attached hydrogens (tertiary/aromatic N) is 1. The molecule has 0 spiro atoms. The zero-order valence-corrected chi connectivity index (χ0v) is 11.8. The second-order valence-electron chi connectivity index (χ2n) is 5.20. The zero-order valence-electron chi connectivity index (χ0n) is 11.1. The number of anilines is 1. The van der Waals surface area contributed by atoms with Gasteiger partial charge in [-0.2, -0.15) is 0 Å². The predicted molar refractivity (Wildman–Crippen MR) is 77.8 cm³/mol. The first-order valence-corrected chi connectivity index (χ1v) is 7.18. The lowest BCUT2D eigenvalue weighted by molar-refractivity contribution is -0.384. The molecule has 1 aliphatic carbocycles. The summed E-state index contributed by atoms with van der Waals surface area (Å²) in [4.78, 5) is 10.7. The molecule has 4 nitrogen and oxygen atoms in total. The fourth-order valence-corrected chi connectivity index (χ4v) is 2.96. The number of hydrogen-bond donors (Lipinski definition) is 1. The molecule has 0 bridgehead atoms. The zero-order chi connectivity index (χ0) is 13.8. The Labute approximate surface area is 118 Å². The molecule has 19 heavy (non-hydrogen) atoms. The van der Waals surface area contributed by atoms with Crippen molar-refractivity contribution >= 4 is 23.0 Å². The van der Waals surface area contributed by atoms with Crippen LogP contribution in [0.3, 0.4) is 0 Å². The van der Waals surface area contributed by atoms with E-state index in [1.807, 2.05) is 0 Å². The molecular formula is C14H19ClN2O2. The molecule has 2 atom stereocenters. The van der Waals surface area contributed by atoms with Crippen molar-refractivity contribution < 1.29 is 4.92 Å². The largest absolute Gasteiger partial charge is 0.377 e. The van der Waals surface area contributed by atoms with Crippen LogP contribution in [0.5, 0.6) is 0 Å². The molecule has 1 N–H and O–H groups in total. The Hall–Kier alpha value is -1.29. The normalized spacial score (nSPS) is 23.1. The van der Waals surface area contributed by atoms with Crippen LogP contribution in [0.4, 0.5) is 11.4 Å². The van der Waals surface area contributed by atoms with Gasteiger partial charge in [-0.15, -0.1) is 0 Å². The van der Waals surface area contributed by atoms with E-state index in [0.717, 1.165) is 18.8 Å². The molecular weight excluding hydrogens is 264 g/mol. The summed E-state index contributed by atoms with van der Waals surface area (Å²) in [6, 6.07) is 5.13. The third kappa shape index (κ3) is 3.60. The van der Waals surface area contributed by atoms with Crippen molar-refractivity contribution in [2.75, 3.05) is 5.32 Å². The van der Waals surface area contributed by atoms with Gasteiger partial charge in [0, 0.05) is 17.1 Å². The standard InChI is InChI=1S/C14H19ClN2O2/c1-2-10-4-3-5-12(8-10)16-13-7-6-11(15)9-14(13)17(18)19/h6-7,9-10,12,16H,2-5,8H2,1H3. The van der Waals surface area contributed by atoms with Gasteiger partial charge < -0.3 is 5.32 Å². The fourth-order valence-electron chi connectivity index (χ4n) is 2.79. The van der Waals surface area contributed by atoms with Gasteiger partial charge in [0.25, 0.3) is 5.69 Å². The van der Waals surface area contributed by atoms with Crippen LogP contribution >= 0.6 is 11.6 Å². The lowest BCUT2D eigenvalue weighted by atomic mass is 9.84. The minimum Gasteiger partial charge on any atom is -0.377 e. The summed E-state index contributed by atoms with van der Waals surface area (Å²) in [6.07, 6.45) is 5.82. The number of halogens is 1. The van der Waals surface area contributed by atoms with E-state index >= 15 is 0 Å². The van der Waals surface area contributed by atoms with Crippen LogP contribution in [-0.4, -0.2) is 11.0 Å². The van der Waals surface area contributed by atoms with E-state index in [9.17, 15) is 10.1 Å². The fraction of sp³-hybridized carbons (Fsp3) is 0.571. The average molecular weight is 283 g/mol. The first kappa shape index (κ1) is 14.1. The van der Waals surface area contributed by atoms with Crippen molar-refractivity contribution in [3.8, 4) is 0 Å². The van der Waals surface area contributed by atoms with Crippen molar-refractivity contribution in [1.29, 1.82) is 0 Å². The molecule has 0 saturated heterocycles. The van der Waals surface area contributed by atoms with E-state index in [4.69, 9.17) is 11.6 Å². The van der Waals surface area contributed by atoms with Crippen molar-refractivity contribution in [2.24, 2.45) is 5.92 Å². The molecule has 104 valence electrons. The summed E-state index contributed by atoms with van der Waals surface area (Å²) in [7, 11) is 0. The van der Waals surface area contributed by atoms with E-state index in [1.54, 1.807) is 12.1 Å². The van der Waals surface area contributed by atoms with Crippen molar-refractivity contribution in [2.45, 2.75) is 45.1 Å². The molecule has 0 aliphatic heterocycles. The molecule has 0 amide bonds. The van der Waals surface area contributed by atoms with Crippen molar-refractivity contribution in [3.63, 3.8) is 0 Å². The highest BCUT2D eigenvalue weighted by Gasteiger charge is 2.23. The number of hydrogen-bond acceptors (Lipinski definition) is 3. The van der Waals surface area contributed by atoms with E-state index in [1.165, 1.54) is 25.3 Å². The number of rotatable bonds is 4. The molecule has 1 saturated carbocycles. The highest BCUT2D eigenvalue weighted by atomic mass is 35.5. The second-order valence-corrected chi connectivity index (χ2v) is 5.64. The van der Waals surface area contributed by atoms with Gasteiger partial charge in [0.15, 0.2) is 0 Å². The van der Waals surface area contributed by atoms with Crippen molar-refractivity contribution in [3.05, 3.63) is 33.3 Å². The Morgan fingerprint density at radius 3 is 2.95 bits per heavy atom. The maximum atomic E-state index is 11.0. The molecule has 1 aromatic rings. The second kappa shape index (κ2) is 6.24. The quantitative estimate of drug-likeness (QED) is 0.647. The third-order valence-electron chi connectivity index (χ3n) is 3.88. The van der Waals surface area contributed by atoms with Crippen LogP contribution in [0.2, 0.25) is 5.02 Å². The molecule has 2 unspecified atom stereocenters. The third-order valence-corrected chi connectivity index (χ3v) is 4.11. The first-order valence-electron chi connectivity index (χ1n) is 6.80. The summed E-state index contributed by atoms with van der Waals surface area (Å²) < 4.78 is 0. The lowest BCUT2D eigenvalue weighted by Gasteiger charge is -2.29. The van der Waals surface area contributed by atoms with Gasteiger partial charge in [-0.3, -0.25) is 10.1 Å². The molecule has 0 heterocycles. The van der Waals surface area contributed by atoms with Crippen LogP contribution in [0.1, 0.15) is 39.0 Å². The predicted octanol–water partition coefficient (Wildman–Crippen LogP) is 4.63. The van der Waals surface area contributed by atoms with Gasteiger partial charge in [-0.05, 0) is 30.9 Å². The number of benzene rings is 1. The maximum absolute atomic E-state index is 11.0. The molecule has 2 rings (SSSR count). The first-order chi connectivity index (χ1) is 9.10. The van der Waals surface area contributed by atoms with Crippen LogP contribution in [0.15, 0.2) is 18.2 Å². The van der Waals surface area contributed by atoms with Crippen molar-refractivity contribution in [1.82, 2.24) is 0 Å². The van der Waals surface area contributed by atoms with E-state index in [2.05, 4.69) is 12.2 Å². The monoisotopic (exact) mass is 282 g/mol. The lowest BCUT2D eigenvalue weighted by Crippen LogP contribution is -2.27. The smallest absolute Gasteiger partial charge is 0.293 e. The van der Waals surface area contributed by atoms with Gasteiger partial charge in [0.1, 0.15) is 5.69 Å². The van der Waals surface area contributed by atoms with Gasteiger partial charge in [-0.1, -0.05) is 37.8 Å². The average Bonchev–Trinajstić information content (AvgIpc) is 2.41. The Kier molecular flexibility index (Phi) is 4.64. The van der Waals surface area contributed by atoms with E-state index in [0.29, 0.717) is 16.8 Å². The summed E-state index contributed by atoms with van der Waals surface area (Å²) in [5.41, 5.74) is 0.641. The Morgan fingerprint density at radius 2 is 2.26 bits per heavy atom. The van der Waals surface area contributed by atoms with Gasteiger partial charge >= 0.3 is 0 Å². The molecule has 1 aromatic carbocycles. The minimum atomic E-state index is -0.381. The van der Waals surface area contributed by atoms with E-state index in [-0.39, 0.29) is 10.6 Å². The summed E-state index contributed by atoms with van der Waals surface area (Å²) in [5, 5.41) is 14.8. The van der Waals surface area contributed by atoms with E-state index < -0.39 is 0 Å². The summed E-state index contributed by atoms with van der Waals surface area (Å²) in [5.74, 6) is 0.734. The van der Waals surface area contributed by atoms with Gasteiger partial charge in [0.2, 0.25) is 0 Å². The number of nitro groups is 1. The topological polar surface area (TPSA) is 55.2 Å². The SMILES string of the molecule is CCC1CCCC(Nc2ccc(Cl)cc2[N+](=O)[O-])C1. The number of nitrogens with one attached hydrogen (secondary N) is 1. The molecule has 0 radical (unpaired) electrons. The van der Waals surface area contributed by atoms with Gasteiger partial charge in [0.05, 0.1) is 4.92 Å². The van der Waals surface area contributed by atoms with Crippen LogP contribution in [-0.2, 0) is 0 Å². The van der Waals surface area contributed by atoms with Crippen LogP contribution < -0.4 is 5.32 Å². The Morgan fingerprint density at radius 1 is 1.47 bits per heavy atom. The van der Waals surface area contributed by atoms with Crippen LogP contribution in [0, 0.1) is 16.0 Å². The molecule has 1 aliphatic rings. The highest BCUT2D eigenvalue weighted by Crippen LogP contribution is 2.33. The molecule has 5 heteroatoms. The molecule has 1 fully saturated rings.